The molecule has 3 rings (SSSR count). The van der Waals surface area contributed by atoms with Gasteiger partial charge in [0.1, 0.15) is 39.7 Å². The molecular formula is C20H16O6. The molecule has 6 nitrogen and oxygen atoms in total. The molecule has 26 heavy (non-hydrogen) atoms. The lowest BCUT2D eigenvalue weighted by molar-refractivity contribution is 0.449. The van der Waals surface area contributed by atoms with Gasteiger partial charge in [0.25, 0.3) is 0 Å². The Balaban J connectivity index is 2.26. The van der Waals surface area contributed by atoms with Gasteiger partial charge in [0, 0.05) is 18.2 Å². The average Bonchev–Trinajstić information content (AvgIpc) is 2.53. The molecule has 3 aromatic rings. The Morgan fingerprint density at radius 1 is 1.08 bits per heavy atom. The summed E-state index contributed by atoms with van der Waals surface area (Å²) >= 11 is 0. The Morgan fingerprint density at radius 3 is 2.46 bits per heavy atom. The molecular weight excluding hydrogens is 336 g/mol. The number of phenols is 4. The standard InChI is InChI=1S/C20H16O6/c1-10(2)3-5-13-15(23)8-18-19(20(13)25)16(24)9-17(26-18)12-6-4-11(21)7-14(12)22/h3-9,21-23,25H,1H2,2H3. The lowest BCUT2D eigenvalue weighted by atomic mass is 10.1. The number of aromatic hydroxyl groups is 4. The highest BCUT2D eigenvalue weighted by Gasteiger charge is 2.17. The molecule has 0 unspecified atom stereocenters. The van der Waals surface area contributed by atoms with Crippen molar-refractivity contribution in [3.05, 3.63) is 64.3 Å². The van der Waals surface area contributed by atoms with Crippen molar-refractivity contribution in [1.29, 1.82) is 0 Å². The zero-order valence-corrected chi connectivity index (χ0v) is 13.9. The summed E-state index contributed by atoms with van der Waals surface area (Å²) in [6.45, 7) is 5.44. The van der Waals surface area contributed by atoms with Gasteiger partial charge in [-0.2, -0.15) is 0 Å². The highest BCUT2D eigenvalue weighted by Crippen LogP contribution is 2.38. The first-order chi connectivity index (χ1) is 12.3. The summed E-state index contributed by atoms with van der Waals surface area (Å²) in [5.41, 5.74) is 0.382. The van der Waals surface area contributed by atoms with Gasteiger partial charge in [0.2, 0.25) is 0 Å². The zero-order chi connectivity index (χ0) is 19.0. The maximum absolute atomic E-state index is 12.5. The first-order valence-corrected chi connectivity index (χ1v) is 7.66. The Morgan fingerprint density at radius 2 is 1.81 bits per heavy atom. The van der Waals surface area contributed by atoms with Crippen LogP contribution < -0.4 is 5.43 Å². The van der Waals surface area contributed by atoms with Crippen LogP contribution in [0.1, 0.15) is 12.5 Å². The lowest BCUT2D eigenvalue weighted by Crippen LogP contribution is -2.01. The van der Waals surface area contributed by atoms with E-state index in [2.05, 4.69) is 6.58 Å². The second-order valence-corrected chi connectivity index (χ2v) is 5.89. The summed E-state index contributed by atoms with van der Waals surface area (Å²) in [5.74, 6) is -1.07. The van der Waals surface area contributed by atoms with Crippen LogP contribution in [-0.4, -0.2) is 20.4 Å². The van der Waals surface area contributed by atoms with Crippen molar-refractivity contribution in [2.75, 3.05) is 0 Å². The van der Waals surface area contributed by atoms with Crippen molar-refractivity contribution in [1.82, 2.24) is 0 Å². The fraction of sp³-hybridized carbons (Fsp3) is 0.0500. The second-order valence-electron chi connectivity index (χ2n) is 5.89. The van der Waals surface area contributed by atoms with Gasteiger partial charge in [0.05, 0.1) is 11.1 Å². The Labute approximate surface area is 148 Å². The van der Waals surface area contributed by atoms with Gasteiger partial charge < -0.3 is 24.8 Å². The molecule has 0 spiro atoms. The molecule has 0 aliphatic carbocycles. The van der Waals surface area contributed by atoms with E-state index in [0.29, 0.717) is 5.57 Å². The zero-order valence-electron chi connectivity index (χ0n) is 13.9. The van der Waals surface area contributed by atoms with Gasteiger partial charge in [-0.1, -0.05) is 18.2 Å². The van der Waals surface area contributed by atoms with Crippen molar-refractivity contribution < 1.29 is 24.8 Å². The number of fused-ring (bicyclic) bond motifs is 1. The van der Waals surface area contributed by atoms with E-state index in [1.165, 1.54) is 24.3 Å². The molecule has 6 heteroatoms. The van der Waals surface area contributed by atoms with Crippen LogP contribution in [0.3, 0.4) is 0 Å². The number of allylic oxidation sites excluding steroid dienone is 2. The van der Waals surface area contributed by atoms with Crippen LogP contribution in [0.25, 0.3) is 28.4 Å². The summed E-state index contributed by atoms with van der Waals surface area (Å²) in [5, 5.41) is 39.8. The topological polar surface area (TPSA) is 111 Å². The minimum Gasteiger partial charge on any atom is -0.508 e. The average molecular weight is 352 g/mol. The van der Waals surface area contributed by atoms with E-state index in [1.807, 2.05) is 0 Å². The van der Waals surface area contributed by atoms with Crippen molar-refractivity contribution in [3.63, 3.8) is 0 Å². The molecule has 4 N–H and O–H groups in total. The van der Waals surface area contributed by atoms with Gasteiger partial charge in [-0.3, -0.25) is 4.79 Å². The van der Waals surface area contributed by atoms with Crippen molar-refractivity contribution >= 4 is 17.0 Å². The molecule has 0 aliphatic heterocycles. The molecule has 0 amide bonds. The number of rotatable bonds is 3. The molecule has 0 radical (unpaired) electrons. The van der Waals surface area contributed by atoms with Crippen molar-refractivity contribution in [2.24, 2.45) is 0 Å². The molecule has 0 aliphatic rings. The van der Waals surface area contributed by atoms with Crippen molar-refractivity contribution in [3.8, 4) is 34.3 Å². The fourth-order valence-electron chi connectivity index (χ4n) is 2.56. The van der Waals surface area contributed by atoms with E-state index in [-0.39, 0.29) is 45.1 Å². The maximum atomic E-state index is 12.5. The third kappa shape index (κ3) is 3.00. The smallest absolute Gasteiger partial charge is 0.197 e. The first kappa shape index (κ1) is 17.2. The van der Waals surface area contributed by atoms with Crippen LogP contribution in [0, 0.1) is 0 Å². The molecule has 0 atom stereocenters. The Hall–Kier alpha value is -3.67. The van der Waals surface area contributed by atoms with E-state index in [0.717, 1.165) is 12.1 Å². The molecule has 132 valence electrons. The quantitative estimate of drug-likeness (QED) is 0.533. The van der Waals surface area contributed by atoms with E-state index < -0.39 is 11.2 Å². The summed E-state index contributed by atoms with van der Waals surface area (Å²) in [6, 6.07) is 6.17. The minimum absolute atomic E-state index is 0.0315. The Kier molecular flexibility index (Phi) is 4.18. The van der Waals surface area contributed by atoms with E-state index >= 15 is 0 Å². The normalized spacial score (nSPS) is 11.3. The van der Waals surface area contributed by atoms with E-state index in [1.54, 1.807) is 13.0 Å². The highest BCUT2D eigenvalue weighted by molar-refractivity contribution is 5.91. The molecule has 0 fully saturated rings. The van der Waals surface area contributed by atoms with Crippen molar-refractivity contribution in [2.45, 2.75) is 6.92 Å². The highest BCUT2D eigenvalue weighted by atomic mass is 16.3. The number of hydrogen-bond donors (Lipinski definition) is 4. The summed E-state index contributed by atoms with van der Waals surface area (Å²) in [4.78, 5) is 12.5. The molecule has 1 aromatic heterocycles. The van der Waals surface area contributed by atoms with Gasteiger partial charge >= 0.3 is 0 Å². The van der Waals surface area contributed by atoms with E-state index in [4.69, 9.17) is 4.42 Å². The fourth-order valence-corrected chi connectivity index (χ4v) is 2.56. The predicted molar refractivity (Wildman–Crippen MR) is 98.4 cm³/mol. The predicted octanol–water partition coefficient (Wildman–Crippen LogP) is 3.87. The van der Waals surface area contributed by atoms with E-state index in [9.17, 15) is 25.2 Å². The molecule has 0 saturated carbocycles. The third-order valence-corrected chi connectivity index (χ3v) is 3.79. The van der Waals surface area contributed by atoms with Crippen LogP contribution in [0.15, 0.2) is 57.8 Å². The summed E-state index contributed by atoms with van der Waals surface area (Å²) in [7, 11) is 0. The van der Waals surface area contributed by atoms with Gasteiger partial charge in [-0.25, -0.2) is 0 Å². The van der Waals surface area contributed by atoms with Crippen LogP contribution in [0.2, 0.25) is 0 Å². The number of benzene rings is 2. The largest absolute Gasteiger partial charge is 0.508 e. The first-order valence-electron chi connectivity index (χ1n) is 7.66. The van der Waals surface area contributed by atoms with Crippen LogP contribution in [0.4, 0.5) is 0 Å². The SMILES string of the molecule is C=C(C)C=Cc1c(O)cc2oc(-c3ccc(O)cc3O)cc(=O)c2c1O. The van der Waals surface area contributed by atoms with Gasteiger partial charge in [-0.05, 0) is 25.1 Å². The third-order valence-electron chi connectivity index (χ3n) is 3.79. The number of hydrogen-bond acceptors (Lipinski definition) is 6. The summed E-state index contributed by atoms with van der Waals surface area (Å²) < 4.78 is 5.59. The molecule has 1 heterocycles. The molecule has 0 bridgehead atoms. The summed E-state index contributed by atoms with van der Waals surface area (Å²) in [6.07, 6.45) is 3.04. The number of phenolic OH excluding ortho intramolecular Hbond substituents is 4. The maximum Gasteiger partial charge on any atom is 0.197 e. The minimum atomic E-state index is -0.545. The molecule has 0 saturated heterocycles. The Bertz CT molecular complexity index is 1120. The monoisotopic (exact) mass is 352 g/mol. The van der Waals surface area contributed by atoms with Gasteiger partial charge in [0.15, 0.2) is 5.43 Å². The van der Waals surface area contributed by atoms with Crippen LogP contribution >= 0.6 is 0 Å². The van der Waals surface area contributed by atoms with Crippen LogP contribution in [0.5, 0.6) is 23.0 Å². The van der Waals surface area contributed by atoms with Gasteiger partial charge in [-0.15, -0.1) is 0 Å². The lowest BCUT2D eigenvalue weighted by Gasteiger charge is -2.09. The second kappa shape index (κ2) is 6.33. The molecule has 2 aromatic carbocycles. The van der Waals surface area contributed by atoms with Crippen LogP contribution in [-0.2, 0) is 0 Å².